The lowest BCUT2D eigenvalue weighted by Crippen LogP contribution is -2.60. The van der Waals surface area contributed by atoms with Crippen LogP contribution in [0.5, 0.6) is 0 Å². The summed E-state index contributed by atoms with van der Waals surface area (Å²) >= 11 is 0. The Hall–Kier alpha value is -0.120. The van der Waals surface area contributed by atoms with Crippen LogP contribution in [0.4, 0.5) is 0 Å². The third-order valence-corrected chi connectivity index (χ3v) is 9.45. The molecule has 0 saturated heterocycles. The summed E-state index contributed by atoms with van der Waals surface area (Å²) in [5, 5.41) is 21.3. The van der Waals surface area contributed by atoms with Gasteiger partial charge in [0.25, 0.3) is 0 Å². The van der Waals surface area contributed by atoms with Gasteiger partial charge in [-0.05, 0) is 98.7 Å². The van der Waals surface area contributed by atoms with Crippen molar-refractivity contribution in [3.8, 4) is 0 Å². The molecule has 3 heteroatoms. The lowest BCUT2D eigenvalue weighted by molar-refractivity contribution is -0.168. The molecule has 138 valence electrons. The van der Waals surface area contributed by atoms with E-state index in [4.69, 9.17) is 5.73 Å². The molecule has 0 spiro atoms. The van der Waals surface area contributed by atoms with E-state index in [0.29, 0.717) is 23.2 Å². The second-order valence-electron chi connectivity index (χ2n) is 10.2. The van der Waals surface area contributed by atoms with Crippen molar-refractivity contribution in [2.24, 2.45) is 46.2 Å². The highest BCUT2D eigenvalue weighted by Crippen LogP contribution is 2.67. The Morgan fingerprint density at radius 2 is 1.75 bits per heavy atom. The molecule has 0 radical (unpaired) electrons. The van der Waals surface area contributed by atoms with Gasteiger partial charge in [-0.1, -0.05) is 13.8 Å². The highest BCUT2D eigenvalue weighted by molar-refractivity contribution is 5.11. The summed E-state index contributed by atoms with van der Waals surface area (Å²) in [6, 6.07) is 0.189. The van der Waals surface area contributed by atoms with Crippen LogP contribution < -0.4 is 5.73 Å². The third kappa shape index (κ3) is 2.20. The number of aliphatic hydroxyl groups excluding tert-OH is 2. The summed E-state index contributed by atoms with van der Waals surface area (Å²) in [6.07, 6.45) is 8.99. The number of aliphatic hydroxyl groups is 2. The quantitative estimate of drug-likeness (QED) is 0.688. The third-order valence-electron chi connectivity index (χ3n) is 9.45. The Kier molecular flexibility index (Phi) is 4.10. The summed E-state index contributed by atoms with van der Waals surface area (Å²) in [7, 11) is 0. The van der Waals surface area contributed by atoms with Gasteiger partial charge in [0, 0.05) is 6.04 Å². The smallest absolute Gasteiger partial charge is 0.0613 e. The van der Waals surface area contributed by atoms with E-state index in [1.165, 1.54) is 38.5 Å². The zero-order chi connectivity index (χ0) is 17.3. The van der Waals surface area contributed by atoms with Gasteiger partial charge < -0.3 is 15.9 Å². The molecule has 4 aliphatic rings. The van der Waals surface area contributed by atoms with E-state index in [1.54, 1.807) is 0 Å². The zero-order valence-corrected chi connectivity index (χ0v) is 15.7. The molecule has 4 aliphatic carbocycles. The molecule has 0 heterocycles. The molecule has 4 fully saturated rings. The predicted octanol–water partition coefficient (Wildman–Crippen LogP) is 3.32. The van der Waals surface area contributed by atoms with E-state index in [0.717, 1.165) is 24.7 Å². The van der Waals surface area contributed by atoms with Crippen LogP contribution in [0.2, 0.25) is 0 Å². The van der Waals surface area contributed by atoms with Crippen LogP contribution in [0.1, 0.15) is 72.1 Å². The standard InChI is InChI=1S/C21H37NO2/c1-12(23)16-6-7-17-15-5-4-13-10-14(22)11-19(24)21(13,3)18(15)8-9-20(16,17)2/h12-19,23-24H,4-11,22H2,1-3H3/t12?,13?,14?,15-,16+,17-,18-,19?,20+,21-/m0/s1. The molecule has 0 aliphatic heterocycles. The van der Waals surface area contributed by atoms with Crippen LogP contribution >= 0.6 is 0 Å². The SMILES string of the molecule is CC(O)[C@H]1CC[C@H]2[C@@H]3CCC4CC(N)CC(O)[C@]4(C)[C@H]3CC[C@]12C. The second-order valence-corrected chi connectivity index (χ2v) is 10.2. The molecule has 0 aromatic rings. The van der Waals surface area contributed by atoms with E-state index in [-0.39, 0.29) is 23.7 Å². The van der Waals surface area contributed by atoms with E-state index < -0.39 is 0 Å². The lowest BCUT2D eigenvalue weighted by atomic mass is 9.44. The van der Waals surface area contributed by atoms with Gasteiger partial charge in [-0.25, -0.2) is 0 Å². The fraction of sp³-hybridized carbons (Fsp3) is 1.00. The van der Waals surface area contributed by atoms with Crippen molar-refractivity contribution in [3.05, 3.63) is 0 Å². The molecule has 0 amide bonds. The maximum Gasteiger partial charge on any atom is 0.0613 e. The van der Waals surface area contributed by atoms with Crippen molar-refractivity contribution < 1.29 is 10.2 Å². The fourth-order valence-electron chi connectivity index (χ4n) is 8.20. The molecule has 0 aromatic carbocycles. The largest absolute Gasteiger partial charge is 0.393 e. The van der Waals surface area contributed by atoms with Crippen LogP contribution in [0.25, 0.3) is 0 Å². The number of hydrogen-bond donors (Lipinski definition) is 3. The Labute approximate surface area is 147 Å². The molecule has 24 heavy (non-hydrogen) atoms. The van der Waals surface area contributed by atoms with E-state index in [9.17, 15) is 10.2 Å². The Morgan fingerprint density at radius 3 is 2.46 bits per heavy atom. The summed E-state index contributed by atoms with van der Waals surface area (Å²) < 4.78 is 0. The molecular formula is C21H37NO2. The number of fused-ring (bicyclic) bond motifs is 5. The van der Waals surface area contributed by atoms with Crippen LogP contribution in [-0.4, -0.2) is 28.5 Å². The summed E-state index contributed by atoms with van der Waals surface area (Å²) in [5.74, 6) is 3.23. The van der Waals surface area contributed by atoms with Crippen LogP contribution in [-0.2, 0) is 0 Å². The minimum atomic E-state index is -0.225. The molecule has 4 unspecified atom stereocenters. The first-order valence-corrected chi connectivity index (χ1v) is 10.4. The van der Waals surface area contributed by atoms with Gasteiger partial charge in [-0.3, -0.25) is 0 Å². The fourth-order valence-corrected chi connectivity index (χ4v) is 8.20. The molecule has 4 rings (SSSR count). The average molecular weight is 336 g/mol. The normalized spacial score (nSPS) is 58.5. The molecule has 4 N–H and O–H groups in total. The van der Waals surface area contributed by atoms with Crippen molar-refractivity contribution in [2.75, 3.05) is 0 Å². The first kappa shape index (κ1) is 17.3. The minimum Gasteiger partial charge on any atom is -0.393 e. The molecule has 0 bridgehead atoms. The number of hydrogen-bond acceptors (Lipinski definition) is 3. The Bertz CT molecular complexity index is 494. The van der Waals surface area contributed by atoms with Gasteiger partial charge in [0.05, 0.1) is 12.2 Å². The number of nitrogens with two attached hydrogens (primary N) is 1. The predicted molar refractivity (Wildman–Crippen MR) is 96.3 cm³/mol. The van der Waals surface area contributed by atoms with E-state index in [2.05, 4.69) is 13.8 Å². The maximum absolute atomic E-state index is 11.0. The average Bonchev–Trinajstić information content (AvgIpc) is 2.86. The first-order valence-electron chi connectivity index (χ1n) is 10.4. The van der Waals surface area contributed by atoms with E-state index >= 15 is 0 Å². The topological polar surface area (TPSA) is 66.5 Å². The van der Waals surface area contributed by atoms with Gasteiger partial charge in [-0.15, -0.1) is 0 Å². The van der Waals surface area contributed by atoms with Crippen LogP contribution in [0, 0.1) is 40.4 Å². The van der Waals surface area contributed by atoms with Gasteiger partial charge in [0.1, 0.15) is 0 Å². The lowest BCUT2D eigenvalue weighted by Gasteiger charge is -2.62. The van der Waals surface area contributed by atoms with Crippen molar-refractivity contribution in [1.82, 2.24) is 0 Å². The highest BCUT2D eigenvalue weighted by atomic mass is 16.3. The maximum atomic E-state index is 11.0. The van der Waals surface area contributed by atoms with Crippen molar-refractivity contribution in [2.45, 2.75) is 90.4 Å². The van der Waals surface area contributed by atoms with Crippen molar-refractivity contribution in [1.29, 1.82) is 0 Å². The zero-order valence-electron chi connectivity index (χ0n) is 15.7. The van der Waals surface area contributed by atoms with Gasteiger partial charge >= 0.3 is 0 Å². The monoisotopic (exact) mass is 335 g/mol. The van der Waals surface area contributed by atoms with Crippen LogP contribution in [0.3, 0.4) is 0 Å². The summed E-state index contributed by atoms with van der Waals surface area (Å²) in [5.41, 5.74) is 6.62. The molecule has 4 saturated carbocycles. The van der Waals surface area contributed by atoms with E-state index in [1.807, 2.05) is 6.92 Å². The molecule has 0 aromatic heterocycles. The second kappa shape index (κ2) is 5.69. The van der Waals surface area contributed by atoms with Crippen LogP contribution in [0.15, 0.2) is 0 Å². The molecule has 10 atom stereocenters. The summed E-state index contributed by atoms with van der Waals surface area (Å²) in [6.45, 7) is 6.84. The Balaban J connectivity index is 1.63. The summed E-state index contributed by atoms with van der Waals surface area (Å²) in [4.78, 5) is 0. The first-order chi connectivity index (χ1) is 11.3. The van der Waals surface area contributed by atoms with Gasteiger partial charge in [-0.2, -0.15) is 0 Å². The minimum absolute atomic E-state index is 0.0725. The van der Waals surface area contributed by atoms with Gasteiger partial charge in [0.2, 0.25) is 0 Å². The van der Waals surface area contributed by atoms with Crippen molar-refractivity contribution >= 4 is 0 Å². The van der Waals surface area contributed by atoms with Crippen molar-refractivity contribution in [3.63, 3.8) is 0 Å². The highest BCUT2D eigenvalue weighted by Gasteiger charge is 2.62. The Morgan fingerprint density at radius 1 is 1.00 bits per heavy atom. The number of rotatable bonds is 1. The van der Waals surface area contributed by atoms with Gasteiger partial charge in [0.15, 0.2) is 0 Å². The molecule has 3 nitrogen and oxygen atoms in total. The molecular weight excluding hydrogens is 298 g/mol.